The second-order valence-electron chi connectivity index (χ2n) is 2.54. The van der Waals surface area contributed by atoms with Crippen molar-refractivity contribution in [3.8, 4) is 11.8 Å². The second kappa shape index (κ2) is 4.46. The maximum Gasteiger partial charge on any atom is 0.281 e. The summed E-state index contributed by atoms with van der Waals surface area (Å²) in [6, 6.07) is 2.74. The van der Waals surface area contributed by atoms with Crippen LogP contribution in [-0.2, 0) is 0 Å². The van der Waals surface area contributed by atoms with E-state index in [0.29, 0.717) is 0 Å². The van der Waals surface area contributed by atoms with Gasteiger partial charge in [0.1, 0.15) is 23.2 Å². The summed E-state index contributed by atoms with van der Waals surface area (Å²) >= 11 is 0. The third-order valence-electron chi connectivity index (χ3n) is 1.71. The first-order valence-corrected chi connectivity index (χ1v) is 3.86. The van der Waals surface area contributed by atoms with Gasteiger partial charge in [-0.15, -0.1) is 0 Å². The van der Waals surface area contributed by atoms with Gasteiger partial charge in [-0.1, -0.05) is 0 Å². The van der Waals surface area contributed by atoms with Crippen LogP contribution in [0, 0.1) is 11.3 Å². The SMILES string of the molecule is COc1cc(C#N)nc(C(F)F)c1C=O. The number of alkyl halides is 2. The number of carbonyl (C=O) groups is 1. The summed E-state index contributed by atoms with van der Waals surface area (Å²) in [5, 5.41) is 8.53. The lowest BCUT2D eigenvalue weighted by atomic mass is 10.1. The van der Waals surface area contributed by atoms with Crippen LogP contribution in [0.4, 0.5) is 8.78 Å². The van der Waals surface area contributed by atoms with Crippen LogP contribution in [0.25, 0.3) is 0 Å². The largest absolute Gasteiger partial charge is 0.496 e. The Labute approximate surface area is 84.1 Å². The normalized spacial score (nSPS) is 9.80. The number of aldehydes is 1. The van der Waals surface area contributed by atoms with E-state index in [2.05, 4.69) is 4.98 Å². The lowest BCUT2D eigenvalue weighted by Gasteiger charge is -2.08. The van der Waals surface area contributed by atoms with E-state index < -0.39 is 12.1 Å². The number of nitriles is 1. The summed E-state index contributed by atoms with van der Waals surface area (Å²) in [6.45, 7) is 0. The van der Waals surface area contributed by atoms with Crippen molar-refractivity contribution in [2.24, 2.45) is 0 Å². The van der Waals surface area contributed by atoms with Crippen molar-refractivity contribution in [1.82, 2.24) is 4.98 Å². The summed E-state index contributed by atoms with van der Waals surface area (Å²) in [5.74, 6) is -0.0770. The molecule has 0 fully saturated rings. The molecule has 0 radical (unpaired) electrons. The number of hydrogen-bond donors (Lipinski definition) is 0. The van der Waals surface area contributed by atoms with Gasteiger partial charge in [-0.05, 0) is 0 Å². The minimum Gasteiger partial charge on any atom is -0.496 e. The molecule has 1 heterocycles. The molecule has 1 rings (SSSR count). The van der Waals surface area contributed by atoms with Gasteiger partial charge in [-0.25, -0.2) is 13.8 Å². The van der Waals surface area contributed by atoms with Crippen molar-refractivity contribution in [3.63, 3.8) is 0 Å². The van der Waals surface area contributed by atoms with Crippen LogP contribution < -0.4 is 4.74 Å². The monoisotopic (exact) mass is 212 g/mol. The quantitative estimate of drug-likeness (QED) is 0.715. The fraction of sp³-hybridized carbons (Fsp3) is 0.222. The first-order chi connectivity index (χ1) is 7.13. The van der Waals surface area contributed by atoms with Gasteiger partial charge in [0.15, 0.2) is 6.29 Å². The number of aromatic nitrogens is 1. The fourth-order valence-corrected chi connectivity index (χ4v) is 1.06. The van der Waals surface area contributed by atoms with Crippen molar-refractivity contribution in [2.75, 3.05) is 7.11 Å². The number of pyridine rings is 1. The molecule has 6 heteroatoms. The van der Waals surface area contributed by atoms with Crippen LogP contribution in [0.3, 0.4) is 0 Å². The average Bonchev–Trinajstić information content (AvgIpc) is 2.26. The van der Waals surface area contributed by atoms with Gasteiger partial charge in [-0.2, -0.15) is 5.26 Å². The first-order valence-electron chi connectivity index (χ1n) is 3.86. The number of carbonyl (C=O) groups excluding carboxylic acids is 1. The van der Waals surface area contributed by atoms with Gasteiger partial charge in [0.05, 0.1) is 12.7 Å². The van der Waals surface area contributed by atoms with Crippen LogP contribution in [-0.4, -0.2) is 18.4 Å². The zero-order chi connectivity index (χ0) is 11.4. The molecule has 4 nitrogen and oxygen atoms in total. The van der Waals surface area contributed by atoms with Crippen molar-refractivity contribution in [2.45, 2.75) is 6.43 Å². The zero-order valence-corrected chi connectivity index (χ0v) is 7.70. The highest BCUT2D eigenvalue weighted by Crippen LogP contribution is 2.27. The Bertz CT molecular complexity index is 427. The van der Waals surface area contributed by atoms with E-state index in [9.17, 15) is 13.6 Å². The minimum absolute atomic E-state index is 0.0770. The minimum atomic E-state index is -2.92. The smallest absolute Gasteiger partial charge is 0.281 e. The molecular formula is C9H6F2N2O2. The Balaban J connectivity index is 3.47. The van der Waals surface area contributed by atoms with Crippen molar-refractivity contribution >= 4 is 6.29 Å². The predicted molar refractivity (Wildman–Crippen MR) is 45.8 cm³/mol. The second-order valence-corrected chi connectivity index (χ2v) is 2.54. The Morgan fingerprint density at radius 2 is 2.33 bits per heavy atom. The van der Waals surface area contributed by atoms with Gasteiger partial charge >= 0.3 is 0 Å². The fourth-order valence-electron chi connectivity index (χ4n) is 1.06. The Hall–Kier alpha value is -2.03. The molecule has 1 aromatic heterocycles. The molecule has 0 saturated carbocycles. The molecule has 0 unspecified atom stereocenters. The topological polar surface area (TPSA) is 63.0 Å². The predicted octanol–water partition coefficient (Wildman–Crippen LogP) is 1.71. The molecule has 0 aromatic carbocycles. The molecule has 1 aromatic rings. The number of rotatable bonds is 3. The van der Waals surface area contributed by atoms with Gasteiger partial charge in [0, 0.05) is 6.07 Å². The molecule has 0 saturated heterocycles. The zero-order valence-electron chi connectivity index (χ0n) is 7.70. The van der Waals surface area contributed by atoms with E-state index in [-0.39, 0.29) is 23.3 Å². The molecule has 0 amide bonds. The van der Waals surface area contributed by atoms with E-state index >= 15 is 0 Å². The maximum atomic E-state index is 12.5. The third-order valence-corrected chi connectivity index (χ3v) is 1.71. The van der Waals surface area contributed by atoms with Crippen molar-refractivity contribution in [1.29, 1.82) is 5.26 Å². The number of nitrogens with zero attached hydrogens (tertiary/aromatic N) is 2. The summed E-state index contributed by atoms with van der Waals surface area (Å²) in [5.41, 5.74) is -1.28. The molecule has 78 valence electrons. The van der Waals surface area contributed by atoms with Gasteiger partial charge < -0.3 is 4.74 Å². The van der Waals surface area contributed by atoms with E-state index in [4.69, 9.17) is 10.00 Å². The maximum absolute atomic E-state index is 12.5. The summed E-state index contributed by atoms with van der Waals surface area (Å²) in [6.07, 6.45) is -2.69. The lowest BCUT2D eigenvalue weighted by Crippen LogP contribution is -2.03. The van der Waals surface area contributed by atoms with Crippen molar-refractivity contribution in [3.05, 3.63) is 23.0 Å². The molecule has 0 N–H and O–H groups in total. The number of halogens is 2. The Morgan fingerprint density at radius 1 is 1.67 bits per heavy atom. The van der Waals surface area contributed by atoms with Gasteiger partial charge in [-0.3, -0.25) is 4.79 Å². The van der Waals surface area contributed by atoms with E-state index in [1.807, 2.05) is 0 Å². The van der Waals surface area contributed by atoms with E-state index in [1.54, 1.807) is 6.07 Å². The highest BCUT2D eigenvalue weighted by molar-refractivity contribution is 5.81. The molecule has 0 aliphatic rings. The third kappa shape index (κ3) is 2.07. The Kier molecular flexibility index (Phi) is 3.29. The van der Waals surface area contributed by atoms with E-state index in [0.717, 1.165) is 6.07 Å². The van der Waals surface area contributed by atoms with Crippen LogP contribution >= 0.6 is 0 Å². The molecule has 0 bridgehead atoms. The average molecular weight is 212 g/mol. The lowest BCUT2D eigenvalue weighted by molar-refractivity contribution is 0.110. The van der Waals surface area contributed by atoms with E-state index in [1.165, 1.54) is 7.11 Å². The molecule has 0 aliphatic carbocycles. The highest BCUT2D eigenvalue weighted by Gasteiger charge is 2.20. The number of methoxy groups -OCH3 is 1. The molecule has 0 spiro atoms. The first kappa shape index (κ1) is 11.0. The van der Waals surface area contributed by atoms with Crippen molar-refractivity contribution < 1.29 is 18.3 Å². The summed E-state index contributed by atoms with van der Waals surface area (Å²) < 4.78 is 29.6. The summed E-state index contributed by atoms with van der Waals surface area (Å²) in [7, 11) is 1.22. The molecule has 0 aliphatic heterocycles. The number of ether oxygens (including phenoxy) is 1. The molecular weight excluding hydrogens is 206 g/mol. The van der Waals surface area contributed by atoms with Gasteiger partial charge in [0.25, 0.3) is 6.43 Å². The molecule has 15 heavy (non-hydrogen) atoms. The number of hydrogen-bond acceptors (Lipinski definition) is 4. The Morgan fingerprint density at radius 3 is 2.73 bits per heavy atom. The van der Waals surface area contributed by atoms with Crippen LogP contribution in [0.15, 0.2) is 6.07 Å². The standard InChI is InChI=1S/C9H6F2N2O2/c1-15-7-2-5(3-12)13-8(9(10)11)6(7)4-14/h2,4,9H,1H3. The van der Waals surface area contributed by atoms with Crippen LogP contribution in [0.1, 0.15) is 28.2 Å². The van der Waals surface area contributed by atoms with Crippen LogP contribution in [0.2, 0.25) is 0 Å². The summed E-state index contributed by atoms with van der Waals surface area (Å²) in [4.78, 5) is 13.9. The van der Waals surface area contributed by atoms with Crippen LogP contribution in [0.5, 0.6) is 5.75 Å². The van der Waals surface area contributed by atoms with Gasteiger partial charge in [0.2, 0.25) is 0 Å². The highest BCUT2D eigenvalue weighted by atomic mass is 19.3. The molecule has 0 atom stereocenters.